The highest BCUT2D eigenvalue weighted by atomic mass is 35.5. The molecule has 0 radical (unpaired) electrons. The fourth-order valence-electron chi connectivity index (χ4n) is 2.51. The maximum atomic E-state index is 14.0. The van der Waals surface area contributed by atoms with E-state index in [1.165, 1.54) is 28.7 Å². The molecule has 0 atom stereocenters. The molecule has 1 aromatic heterocycles. The monoisotopic (exact) mass is 390 g/mol. The summed E-state index contributed by atoms with van der Waals surface area (Å²) in [4.78, 5) is 12.3. The molecule has 1 amide bonds. The fraction of sp³-hybridized carbons (Fsp3) is 0.167. The van der Waals surface area contributed by atoms with E-state index >= 15 is 0 Å². The number of hydrogen-bond acceptors (Lipinski definition) is 4. The van der Waals surface area contributed by atoms with Crippen molar-refractivity contribution in [3.63, 3.8) is 0 Å². The fourth-order valence-corrected chi connectivity index (χ4v) is 3.61. The van der Waals surface area contributed by atoms with Crippen LogP contribution in [0.3, 0.4) is 0 Å². The molecule has 0 saturated heterocycles. The van der Waals surface area contributed by atoms with Gasteiger partial charge in [-0.1, -0.05) is 41.6 Å². The predicted molar refractivity (Wildman–Crippen MR) is 102 cm³/mol. The molecule has 0 saturated carbocycles. The van der Waals surface area contributed by atoms with Crippen LogP contribution in [-0.2, 0) is 4.79 Å². The molecule has 26 heavy (non-hydrogen) atoms. The Morgan fingerprint density at radius 3 is 2.81 bits per heavy atom. The molecule has 0 aliphatic rings. The number of halogens is 2. The quantitative estimate of drug-likeness (QED) is 0.655. The van der Waals surface area contributed by atoms with Crippen molar-refractivity contribution in [3.05, 3.63) is 64.7 Å². The maximum Gasteiger partial charge on any atom is 0.234 e. The lowest BCUT2D eigenvalue weighted by atomic mass is 10.1. The summed E-state index contributed by atoms with van der Waals surface area (Å²) in [6, 6.07) is 10.1. The molecule has 1 N–H and O–H groups in total. The number of carbonyl (C=O) groups excluding carboxylic acids is 1. The van der Waals surface area contributed by atoms with Crippen LogP contribution >= 0.6 is 23.4 Å². The second-order valence-electron chi connectivity index (χ2n) is 5.71. The summed E-state index contributed by atoms with van der Waals surface area (Å²) in [5.74, 6) is -0.524. The SMILES string of the molecule is Cc1cc(C)c(NC(=O)CSc2nncn2-c2ccccc2F)c(Cl)c1. The highest BCUT2D eigenvalue weighted by molar-refractivity contribution is 7.99. The second kappa shape index (κ2) is 7.88. The molecule has 0 spiro atoms. The van der Waals surface area contributed by atoms with E-state index < -0.39 is 0 Å². The van der Waals surface area contributed by atoms with Crippen LogP contribution in [0.25, 0.3) is 5.69 Å². The Bertz CT molecular complexity index is 937. The van der Waals surface area contributed by atoms with Crippen molar-refractivity contribution >= 4 is 35.0 Å². The molecule has 1 heterocycles. The van der Waals surface area contributed by atoms with Crippen LogP contribution in [0.15, 0.2) is 47.9 Å². The first kappa shape index (κ1) is 18.4. The van der Waals surface area contributed by atoms with Crippen molar-refractivity contribution in [3.8, 4) is 5.69 Å². The number of thioether (sulfide) groups is 1. The lowest BCUT2D eigenvalue weighted by Crippen LogP contribution is -2.16. The van der Waals surface area contributed by atoms with Crippen LogP contribution in [0, 0.1) is 19.7 Å². The number of anilines is 1. The molecule has 0 bridgehead atoms. The topological polar surface area (TPSA) is 59.8 Å². The molecule has 0 fully saturated rings. The minimum Gasteiger partial charge on any atom is -0.324 e. The molecule has 0 aliphatic carbocycles. The standard InChI is InChI=1S/C18H16ClFN4OS/c1-11-7-12(2)17(13(19)8-11)22-16(25)9-26-18-23-21-10-24(18)15-6-4-3-5-14(15)20/h3-8,10H,9H2,1-2H3,(H,22,25). The summed E-state index contributed by atoms with van der Waals surface area (Å²) in [6.45, 7) is 3.83. The van der Waals surface area contributed by atoms with Gasteiger partial charge in [-0.2, -0.15) is 0 Å². The zero-order valence-electron chi connectivity index (χ0n) is 14.2. The van der Waals surface area contributed by atoms with Crippen LogP contribution in [0.4, 0.5) is 10.1 Å². The molecule has 8 heteroatoms. The first-order valence-corrected chi connectivity index (χ1v) is 9.16. The summed E-state index contributed by atoms with van der Waals surface area (Å²) in [6.07, 6.45) is 1.42. The van der Waals surface area contributed by atoms with E-state index in [1.807, 2.05) is 19.9 Å². The average molecular weight is 391 g/mol. The van der Waals surface area contributed by atoms with Crippen molar-refractivity contribution in [1.82, 2.24) is 14.8 Å². The van der Waals surface area contributed by atoms with E-state index in [0.29, 0.717) is 21.6 Å². The third-order valence-corrected chi connectivity index (χ3v) is 4.90. The molecule has 0 unspecified atom stereocenters. The smallest absolute Gasteiger partial charge is 0.234 e. The van der Waals surface area contributed by atoms with Gasteiger partial charge in [0.15, 0.2) is 5.16 Å². The van der Waals surface area contributed by atoms with Crippen LogP contribution in [-0.4, -0.2) is 26.4 Å². The molecular formula is C18H16ClFN4OS. The van der Waals surface area contributed by atoms with E-state index in [9.17, 15) is 9.18 Å². The van der Waals surface area contributed by atoms with Gasteiger partial charge < -0.3 is 5.32 Å². The van der Waals surface area contributed by atoms with Crippen LogP contribution in [0.2, 0.25) is 5.02 Å². The number of amides is 1. The van der Waals surface area contributed by atoms with Gasteiger partial charge in [-0.05, 0) is 43.2 Å². The van der Waals surface area contributed by atoms with Gasteiger partial charge in [0.25, 0.3) is 0 Å². The number of benzene rings is 2. The predicted octanol–water partition coefficient (Wildman–Crippen LogP) is 4.41. The molecule has 3 rings (SSSR count). The summed E-state index contributed by atoms with van der Waals surface area (Å²) in [5.41, 5.74) is 2.84. The summed E-state index contributed by atoms with van der Waals surface area (Å²) in [7, 11) is 0. The first-order valence-electron chi connectivity index (χ1n) is 7.80. The maximum absolute atomic E-state index is 14.0. The molecular weight excluding hydrogens is 375 g/mol. The molecule has 134 valence electrons. The molecule has 2 aromatic carbocycles. The highest BCUT2D eigenvalue weighted by Gasteiger charge is 2.14. The Morgan fingerprint density at radius 2 is 2.08 bits per heavy atom. The Morgan fingerprint density at radius 1 is 1.31 bits per heavy atom. The van der Waals surface area contributed by atoms with Gasteiger partial charge in [-0.25, -0.2) is 4.39 Å². The van der Waals surface area contributed by atoms with Gasteiger partial charge >= 0.3 is 0 Å². The zero-order valence-corrected chi connectivity index (χ0v) is 15.7. The Balaban J connectivity index is 1.70. The molecule has 0 aliphatic heterocycles. The average Bonchev–Trinajstić information content (AvgIpc) is 3.05. The van der Waals surface area contributed by atoms with Gasteiger partial charge in [0.2, 0.25) is 5.91 Å². The van der Waals surface area contributed by atoms with E-state index in [1.54, 1.807) is 24.3 Å². The number of rotatable bonds is 5. The number of carbonyl (C=O) groups is 1. The van der Waals surface area contributed by atoms with Crippen molar-refractivity contribution in [2.24, 2.45) is 0 Å². The highest BCUT2D eigenvalue weighted by Crippen LogP contribution is 2.28. The van der Waals surface area contributed by atoms with Gasteiger partial charge in [-0.3, -0.25) is 9.36 Å². The molecule has 3 aromatic rings. The largest absolute Gasteiger partial charge is 0.324 e. The number of nitrogens with one attached hydrogen (secondary N) is 1. The summed E-state index contributed by atoms with van der Waals surface area (Å²) in [5, 5.41) is 11.5. The minimum atomic E-state index is -0.388. The van der Waals surface area contributed by atoms with E-state index in [0.717, 1.165) is 11.1 Å². The Kier molecular flexibility index (Phi) is 5.58. The van der Waals surface area contributed by atoms with E-state index in [4.69, 9.17) is 11.6 Å². The number of hydrogen-bond donors (Lipinski definition) is 1. The Hall–Kier alpha value is -2.38. The van der Waals surface area contributed by atoms with E-state index in [-0.39, 0.29) is 17.5 Å². The van der Waals surface area contributed by atoms with E-state index in [2.05, 4.69) is 15.5 Å². The zero-order chi connectivity index (χ0) is 18.7. The van der Waals surface area contributed by atoms with Crippen molar-refractivity contribution in [2.75, 3.05) is 11.1 Å². The van der Waals surface area contributed by atoms with Crippen LogP contribution in [0.1, 0.15) is 11.1 Å². The third-order valence-electron chi connectivity index (χ3n) is 3.66. The lowest BCUT2D eigenvalue weighted by Gasteiger charge is -2.11. The minimum absolute atomic E-state index is 0.0940. The normalized spacial score (nSPS) is 10.8. The van der Waals surface area contributed by atoms with Crippen LogP contribution < -0.4 is 5.32 Å². The third kappa shape index (κ3) is 4.05. The number of aromatic nitrogens is 3. The lowest BCUT2D eigenvalue weighted by molar-refractivity contribution is -0.113. The van der Waals surface area contributed by atoms with Crippen LogP contribution in [0.5, 0.6) is 0 Å². The molecule has 5 nitrogen and oxygen atoms in total. The second-order valence-corrected chi connectivity index (χ2v) is 7.06. The Labute approximate surface area is 159 Å². The van der Waals surface area contributed by atoms with Crippen molar-refractivity contribution < 1.29 is 9.18 Å². The van der Waals surface area contributed by atoms with Crippen molar-refractivity contribution in [2.45, 2.75) is 19.0 Å². The number of aryl methyl sites for hydroxylation is 2. The van der Waals surface area contributed by atoms with Gasteiger partial charge in [0.1, 0.15) is 12.1 Å². The first-order chi connectivity index (χ1) is 12.5. The van der Waals surface area contributed by atoms with Crippen molar-refractivity contribution in [1.29, 1.82) is 0 Å². The van der Waals surface area contributed by atoms with Gasteiger partial charge in [0.05, 0.1) is 22.2 Å². The summed E-state index contributed by atoms with van der Waals surface area (Å²) < 4.78 is 15.5. The number of para-hydroxylation sites is 1. The summed E-state index contributed by atoms with van der Waals surface area (Å²) >= 11 is 7.38. The van der Waals surface area contributed by atoms with Gasteiger partial charge in [-0.15, -0.1) is 10.2 Å². The van der Waals surface area contributed by atoms with Gasteiger partial charge in [0, 0.05) is 0 Å². The number of nitrogens with zero attached hydrogens (tertiary/aromatic N) is 3.